The van der Waals surface area contributed by atoms with Gasteiger partial charge in [0.05, 0.1) is 28.5 Å². The molecule has 1 saturated heterocycles. The van der Waals surface area contributed by atoms with E-state index in [9.17, 15) is 14.4 Å². The van der Waals surface area contributed by atoms with Crippen LogP contribution in [0.5, 0.6) is 0 Å². The summed E-state index contributed by atoms with van der Waals surface area (Å²) in [4.78, 5) is 43.7. The molecule has 4 aliphatic rings. The summed E-state index contributed by atoms with van der Waals surface area (Å²) in [7, 11) is 0. The zero-order valence-corrected chi connectivity index (χ0v) is 23.0. The minimum atomic E-state index is -1.09. The van der Waals surface area contributed by atoms with Crippen LogP contribution in [0.1, 0.15) is 38.5 Å². The number of fused-ring (bicyclic) bond motifs is 1. The molecule has 3 N–H and O–H groups in total. The predicted octanol–water partition coefficient (Wildman–Crippen LogP) is 5.39. The summed E-state index contributed by atoms with van der Waals surface area (Å²) in [5.74, 6) is -2.63. The molecule has 5 aromatic rings. The summed E-state index contributed by atoms with van der Waals surface area (Å²) in [5, 5.41) is 6.27. The minimum Gasteiger partial charge on any atom is -0.398 e. The van der Waals surface area contributed by atoms with Gasteiger partial charge in [0.1, 0.15) is 0 Å². The molecular formula is C36H26N4O3. The van der Waals surface area contributed by atoms with Crippen LogP contribution in [0.2, 0.25) is 0 Å². The van der Waals surface area contributed by atoms with Crippen molar-refractivity contribution in [3.63, 3.8) is 0 Å². The van der Waals surface area contributed by atoms with Gasteiger partial charge in [0.25, 0.3) is 5.91 Å². The van der Waals surface area contributed by atoms with Crippen molar-refractivity contribution in [1.82, 2.24) is 5.43 Å². The topological polar surface area (TPSA) is 105 Å². The lowest BCUT2D eigenvalue weighted by atomic mass is 9.47. The number of carbonyl (C=O) groups is 3. The number of rotatable bonds is 4. The van der Waals surface area contributed by atoms with Crippen LogP contribution in [-0.4, -0.2) is 23.9 Å². The number of benzene rings is 5. The summed E-state index contributed by atoms with van der Waals surface area (Å²) in [6.07, 6.45) is 1.66. The number of nitrogen functional groups attached to an aromatic ring is 1. The quantitative estimate of drug-likeness (QED) is 0.133. The van der Waals surface area contributed by atoms with Gasteiger partial charge >= 0.3 is 0 Å². The van der Waals surface area contributed by atoms with Gasteiger partial charge in [-0.05, 0) is 45.8 Å². The molecule has 0 spiro atoms. The van der Waals surface area contributed by atoms with Gasteiger partial charge in [-0.3, -0.25) is 14.4 Å². The second-order valence-electron chi connectivity index (χ2n) is 11.3. The van der Waals surface area contributed by atoms with E-state index in [0.29, 0.717) is 16.9 Å². The van der Waals surface area contributed by atoms with E-state index >= 15 is 0 Å². The average Bonchev–Trinajstić information content (AvgIpc) is 3.31. The Kier molecular flexibility index (Phi) is 5.40. The third kappa shape index (κ3) is 3.36. The van der Waals surface area contributed by atoms with Crippen LogP contribution in [-0.2, 0) is 15.0 Å². The summed E-state index contributed by atoms with van der Waals surface area (Å²) in [6, 6.07) is 36.1. The predicted molar refractivity (Wildman–Crippen MR) is 166 cm³/mol. The largest absolute Gasteiger partial charge is 0.398 e. The lowest BCUT2D eigenvalue weighted by Gasteiger charge is -2.52. The Morgan fingerprint density at radius 3 is 2.14 bits per heavy atom. The number of nitrogens with one attached hydrogen (secondary N) is 1. The van der Waals surface area contributed by atoms with Crippen molar-refractivity contribution >= 4 is 46.1 Å². The molecule has 3 aliphatic carbocycles. The van der Waals surface area contributed by atoms with E-state index in [1.807, 2.05) is 91.0 Å². The van der Waals surface area contributed by atoms with Gasteiger partial charge in [-0.1, -0.05) is 97.1 Å². The van der Waals surface area contributed by atoms with Crippen molar-refractivity contribution in [2.45, 2.75) is 11.3 Å². The van der Waals surface area contributed by atoms with E-state index in [-0.39, 0.29) is 17.7 Å². The number of nitrogens with zero attached hydrogens (tertiary/aromatic N) is 2. The van der Waals surface area contributed by atoms with Crippen molar-refractivity contribution in [3.05, 3.63) is 143 Å². The normalized spacial score (nSPS) is 23.3. The molecule has 1 fully saturated rings. The SMILES string of the molecule is Nc1ccccc1C(=O)N/N=C\C12c3ccccc3C(c3ccccc31)[C@H]1C(=O)N(c3cccc4ccccc34)C(=O)[C@H]12. The van der Waals surface area contributed by atoms with E-state index in [4.69, 9.17) is 5.73 Å². The molecule has 2 atom stereocenters. The van der Waals surface area contributed by atoms with E-state index in [2.05, 4.69) is 10.5 Å². The van der Waals surface area contributed by atoms with Crippen LogP contribution >= 0.6 is 0 Å². The average molecular weight is 563 g/mol. The van der Waals surface area contributed by atoms with Crippen LogP contribution < -0.4 is 16.1 Å². The summed E-state index contributed by atoms with van der Waals surface area (Å²) in [6.45, 7) is 0. The first kappa shape index (κ1) is 25.2. The third-order valence-corrected chi connectivity index (χ3v) is 9.33. The van der Waals surface area contributed by atoms with Gasteiger partial charge in [0, 0.05) is 23.2 Å². The number of carbonyl (C=O) groups excluding carboxylic acids is 3. The Labute approximate surface area is 247 Å². The molecule has 1 heterocycles. The van der Waals surface area contributed by atoms with Crippen LogP contribution in [0.25, 0.3) is 10.8 Å². The van der Waals surface area contributed by atoms with Crippen molar-refractivity contribution < 1.29 is 14.4 Å². The van der Waals surface area contributed by atoms with Crippen LogP contribution in [0.3, 0.4) is 0 Å². The van der Waals surface area contributed by atoms with Gasteiger partial charge in [-0.2, -0.15) is 5.10 Å². The van der Waals surface area contributed by atoms with Gasteiger partial charge in [-0.25, -0.2) is 10.3 Å². The molecule has 0 saturated carbocycles. The molecule has 208 valence electrons. The van der Waals surface area contributed by atoms with Gasteiger partial charge in [0.2, 0.25) is 11.8 Å². The molecule has 5 aromatic carbocycles. The Morgan fingerprint density at radius 1 is 0.767 bits per heavy atom. The highest BCUT2D eigenvalue weighted by Gasteiger charge is 2.68. The molecular weight excluding hydrogens is 536 g/mol. The summed E-state index contributed by atoms with van der Waals surface area (Å²) in [5.41, 5.74) is 12.6. The zero-order valence-electron chi connectivity index (χ0n) is 23.0. The van der Waals surface area contributed by atoms with Crippen LogP contribution in [0, 0.1) is 11.8 Å². The van der Waals surface area contributed by atoms with E-state index in [1.54, 1.807) is 30.5 Å². The number of anilines is 2. The highest BCUT2D eigenvalue weighted by atomic mass is 16.2. The fourth-order valence-corrected chi connectivity index (χ4v) is 7.65. The number of hydrazone groups is 1. The number of para-hydroxylation sites is 1. The number of imide groups is 1. The highest BCUT2D eigenvalue weighted by molar-refractivity contribution is 6.27. The highest BCUT2D eigenvalue weighted by Crippen LogP contribution is 2.63. The first-order valence-electron chi connectivity index (χ1n) is 14.3. The lowest BCUT2D eigenvalue weighted by molar-refractivity contribution is -0.122. The molecule has 7 nitrogen and oxygen atoms in total. The first-order chi connectivity index (χ1) is 21.0. The van der Waals surface area contributed by atoms with Crippen molar-refractivity contribution in [2.75, 3.05) is 10.6 Å². The Balaban J connectivity index is 1.32. The fraction of sp³-hybridized carbons (Fsp3) is 0.111. The van der Waals surface area contributed by atoms with E-state index < -0.39 is 23.2 Å². The molecule has 3 amide bonds. The molecule has 0 unspecified atom stereocenters. The van der Waals surface area contributed by atoms with Crippen LogP contribution in [0.15, 0.2) is 120 Å². The maximum Gasteiger partial charge on any atom is 0.273 e. The van der Waals surface area contributed by atoms with Crippen molar-refractivity contribution in [3.8, 4) is 0 Å². The summed E-state index contributed by atoms with van der Waals surface area (Å²) < 4.78 is 0. The molecule has 7 heteroatoms. The second kappa shape index (κ2) is 9.22. The molecule has 1 aliphatic heterocycles. The molecule has 43 heavy (non-hydrogen) atoms. The monoisotopic (exact) mass is 562 g/mol. The van der Waals surface area contributed by atoms with E-state index in [1.165, 1.54) is 4.90 Å². The number of nitrogens with two attached hydrogens (primary N) is 1. The van der Waals surface area contributed by atoms with Gasteiger partial charge in [0.15, 0.2) is 0 Å². The Morgan fingerprint density at radius 2 is 1.40 bits per heavy atom. The smallest absolute Gasteiger partial charge is 0.273 e. The fourth-order valence-electron chi connectivity index (χ4n) is 7.65. The Bertz CT molecular complexity index is 1980. The third-order valence-electron chi connectivity index (χ3n) is 9.33. The summed E-state index contributed by atoms with van der Waals surface area (Å²) >= 11 is 0. The standard InChI is InChI=1S/C36H26N4O3/c37-28-18-8-5-15-25(28)33(41)39-38-20-36-26-16-6-3-13-23(26)30(24-14-4-7-17-27(24)36)31-32(36)35(43)40(34(31)42)29-19-9-11-21-10-1-2-12-22(21)29/h1-20,30-32H,37H2,(H,39,41)/b38-20-/t30?,31-,32+,36?/m1/s1. The number of hydrogen-bond acceptors (Lipinski definition) is 5. The van der Waals surface area contributed by atoms with Gasteiger partial charge in [-0.15, -0.1) is 0 Å². The zero-order chi connectivity index (χ0) is 29.3. The lowest BCUT2D eigenvalue weighted by Crippen LogP contribution is -2.54. The van der Waals surface area contributed by atoms with Crippen LogP contribution in [0.4, 0.5) is 11.4 Å². The molecule has 9 rings (SSSR count). The number of amides is 3. The van der Waals surface area contributed by atoms with E-state index in [0.717, 1.165) is 33.0 Å². The molecule has 2 bridgehead atoms. The maximum atomic E-state index is 14.7. The maximum absolute atomic E-state index is 14.7. The van der Waals surface area contributed by atoms with Gasteiger partial charge < -0.3 is 5.73 Å². The van der Waals surface area contributed by atoms with Crippen molar-refractivity contribution in [1.29, 1.82) is 0 Å². The first-order valence-corrected chi connectivity index (χ1v) is 14.3. The molecule has 0 radical (unpaired) electrons. The Hall–Kier alpha value is -5.56. The second-order valence-corrected chi connectivity index (χ2v) is 11.3. The van der Waals surface area contributed by atoms with Crippen molar-refractivity contribution in [2.24, 2.45) is 16.9 Å². The number of hydrogen-bond donors (Lipinski definition) is 2. The molecule has 0 aromatic heterocycles. The minimum absolute atomic E-state index is 0.223.